The van der Waals surface area contributed by atoms with E-state index in [0.29, 0.717) is 13.1 Å². The Morgan fingerprint density at radius 1 is 0.952 bits per heavy atom. The summed E-state index contributed by atoms with van der Waals surface area (Å²) in [4.78, 5) is 42.4. The van der Waals surface area contributed by atoms with Gasteiger partial charge in [0.2, 0.25) is 0 Å². The number of rotatable bonds is 7. The number of nitrogens with zero attached hydrogens (tertiary/aromatic N) is 1. The largest absolute Gasteiger partial charge is 0.481 e. The Morgan fingerprint density at radius 3 is 1.38 bits per heavy atom. The molecule has 2 amide bonds. The van der Waals surface area contributed by atoms with Gasteiger partial charge in [-0.15, -0.1) is 0 Å². The molecule has 122 valence electrons. The molecule has 0 aromatic carbocycles. The number of nitrogens with two attached hydrogens (primary N) is 1. The monoisotopic (exact) mass is 308 g/mol. The molecular formula is C11H20N2O8. The SMILES string of the molecule is CCN(CC)C(N)=O.O=C(O)CC(O)(CC(=O)O)C(=O)O. The number of urea groups is 1. The van der Waals surface area contributed by atoms with Gasteiger partial charge in [-0.05, 0) is 13.8 Å². The maximum absolute atomic E-state index is 10.3. The number of carbonyl (C=O) groups is 4. The van der Waals surface area contributed by atoms with Crippen LogP contribution in [0, 0.1) is 0 Å². The van der Waals surface area contributed by atoms with E-state index >= 15 is 0 Å². The second-order valence-electron chi connectivity index (χ2n) is 3.99. The average molecular weight is 308 g/mol. The zero-order valence-corrected chi connectivity index (χ0v) is 11.8. The highest BCUT2D eigenvalue weighted by atomic mass is 16.4. The normalized spacial score (nSPS) is 10.0. The van der Waals surface area contributed by atoms with Crippen LogP contribution in [0.2, 0.25) is 0 Å². The predicted octanol–water partition coefficient (Wildman–Crippen LogP) is -0.842. The fourth-order valence-electron chi connectivity index (χ4n) is 1.25. The number of hydrogen-bond acceptors (Lipinski definition) is 5. The van der Waals surface area contributed by atoms with E-state index in [1.165, 1.54) is 0 Å². The zero-order chi connectivity index (χ0) is 17.2. The molecule has 6 N–H and O–H groups in total. The van der Waals surface area contributed by atoms with Crippen molar-refractivity contribution >= 4 is 23.9 Å². The number of aliphatic carboxylic acids is 3. The van der Waals surface area contributed by atoms with E-state index in [-0.39, 0.29) is 6.03 Å². The summed E-state index contributed by atoms with van der Waals surface area (Å²) in [7, 11) is 0. The summed E-state index contributed by atoms with van der Waals surface area (Å²) < 4.78 is 0. The third-order valence-electron chi connectivity index (χ3n) is 2.36. The summed E-state index contributed by atoms with van der Waals surface area (Å²) in [6.45, 7) is 5.19. The Bertz CT molecular complexity index is 376. The van der Waals surface area contributed by atoms with Crippen molar-refractivity contribution in [2.24, 2.45) is 5.73 Å². The van der Waals surface area contributed by atoms with E-state index in [1.807, 2.05) is 13.8 Å². The van der Waals surface area contributed by atoms with Crippen molar-refractivity contribution in [3.05, 3.63) is 0 Å². The molecule has 0 aromatic heterocycles. The quantitative estimate of drug-likeness (QED) is 0.403. The lowest BCUT2D eigenvalue weighted by molar-refractivity contribution is -0.170. The molecule has 0 atom stereocenters. The van der Waals surface area contributed by atoms with Crippen molar-refractivity contribution < 1.29 is 39.6 Å². The summed E-state index contributed by atoms with van der Waals surface area (Å²) in [6.07, 6.45) is -2.29. The van der Waals surface area contributed by atoms with Crippen molar-refractivity contribution in [3.63, 3.8) is 0 Å². The summed E-state index contributed by atoms with van der Waals surface area (Å²) in [5.74, 6) is -5.02. The van der Waals surface area contributed by atoms with Crippen LogP contribution < -0.4 is 5.73 Å². The molecular weight excluding hydrogens is 288 g/mol. The van der Waals surface area contributed by atoms with Crippen molar-refractivity contribution in [3.8, 4) is 0 Å². The van der Waals surface area contributed by atoms with E-state index < -0.39 is 36.4 Å². The molecule has 0 bridgehead atoms. The minimum atomic E-state index is -2.74. The average Bonchev–Trinajstić information content (AvgIpc) is 2.28. The van der Waals surface area contributed by atoms with Gasteiger partial charge in [0.15, 0.2) is 5.60 Å². The molecule has 0 aromatic rings. The first kappa shape index (κ1) is 20.9. The first-order valence-corrected chi connectivity index (χ1v) is 5.93. The first-order chi connectivity index (χ1) is 9.50. The summed E-state index contributed by atoms with van der Waals surface area (Å²) in [5.41, 5.74) is 2.21. The van der Waals surface area contributed by atoms with Gasteiger partial charge in [-0.3, -0.25) is 9.59 Å². The highest BCUT2D eigenvalue weighted by Crippen LogP contribution is 2.15. The van der Waals surface area contributed by atoms with E-state index in [1.54, 1.807) is 4.90 Å². The Kier molecular flexibility index (Phi) is 9.51. The van der Waals surface area contributed by atoms with Gasteiger partial charge in [0, 0.05) is 13.1 Å². The van der Waals surface area contributed by atoms with E-state index in [2.05, 4.69) is 0 Å². The second-order valence-corrected chi connectivity index (χ2v) is 3.99. The molecule has 0 spiro atoms. The molecule has 0 rings (SSSR count). The van der Waals surface area contributed by atoms with E-state index in [4.69, 9.17) is 26.2 Å². The van der Waals surface area contributed by atoms with Crippen molar-refractivity contribution in [1.82, 2.24) is 4.90 Å². The van der Waals surface area contributed by atoms with Crippen LogP contribution in [0.25, 0.3) is 0 Å². The van der Waals surface area contributed by atoms with Gasteiger partial charge in [-0.2, -0.15) is 0 Å². The maximum Gasteiger partial charge on any atom is 0.336 e. The highest BCUT2D eigenvalue weighted by molar-refractivity contribution is 5.88. The Morgan fingerprint density at radius 2 is 1.29 bits per heavy atom. The van der Waals surface area contributed by atoms with Gasteiger partial charge < -0.3 is 31.1 Å². The molecule has 0 unspecified atom stereocenters. The molecule has 0 aliphatic carbocycles. The number of hydrogen-bond donors (Lipinski definition) is 5. The van der Waals surface area contributed by atoms with Crippen LogP contribution in [0.1, 0.15) is 26.7 Å². The third kappa shape index (κ3) is 9.21. The van der Waals surface area contributed by atoms with Crippen LogP contribution in [-0.2, 0) is 14.4 Å². The lowest BCUT2D eigenvalue weighted by Crippen LogP contribution is -2.42. The van der Waals surface area contributed by atoms with E-state index in [0.717, 1.165) is 0 Å². The molecule has 0 saturated carbocycles. The van der Waals surface area contributed by atoms with Gasteiger partial charge in [0.25, 0.3) is 0 Å². The maximum atomic E-state index is 10.3. The van der Waals surface area contributed by atoms with Crippen LogP contribution in [0.5, 0.6) is 0 Å². The number of carboxylic acid groups (broad SMARTS) is 3. The van der Waals surface area contributed by atoms with Gasteiger partial charge >= 0.3 is 23.9 Å². The highest BCUT2D eigenvalue weighted by Gasteiger charge is 2.40. The van der Waals surface area contributed by atoms with E-state index in [9.17, 15) is 19.2 Å². The fraction of sp³-hybridized carbons (Fsp3) is 0.636. The van der Waals surface area contributed by atoms with Gasteiger partial charge in [0.05, 0.1) is 12.8 Å². The minimum absolute atomic E-state index is 0.338. The Labute approximate surface area is 120 Å². The van der Waals surface area contributed by atoms with Crippen molar-refractivity contribution in [2.75, 3.05) is 13.1 Å². The van der Waals surface area contributed by atoms with Crippen LogP contribution >= 0.6 is 0 Å². The molecule has 0 aliphatic rings. The smallest absolute Gasteiger partial charge is 0.336 e. The standard InChI is InChI=1S/C6H8O7.C5H12N2O/c7-3(8)1-6(13,5(11)12)2-4(9)10;1-3-7(4-2)5(6)8/h13H,1-2H2,(H,7,8)(H,9,10)(H,11,12);3-4H2,1-2H3,(H2,6,8). The zero-order valence-electron chi connectivity index (χ0n) is 11.8. The van der Waals surface area contributed by atoms with Gasteiger partial charge in [0.1, 0.15) is 0 Å². The van der Waals surface area contributed by atoms with Crippen LogP contribution in [0.4, 0.5) is 4.79 Å². The molecule has 0 heterocycles. The summed E-state index contributed by atoms with van der Waals surface area (Å²) >= 11 is 0. The lowest BCUT2D eigenvalue weighted by Gasteiger charge is -2.18. The van der Waals surface area contributed by atoms with Crippen molar-refractivity contribution in [2.45, 2.75) is 32.3 Å². The molecule has 10 heteroatoms. The third-order valence-corrected chi connectivity index (χ3v) is 2.36. The molecule has 0 fully saturated rings. The number of carboxylic acids is 3. The van der Waals surface area contributed by atoms with Crippen molar-refractivity contribution in [1.29, 1.82) is 0 Å². The van der Waals surface area contributed by atoms with Gasteiger partial charge in [-0.1, -0.05) is 0 Å². The number of primary amides is 1. The molecule has 0 radical (unpaired) electrons. The fourth-order valence-corrected chi connectivity index (χ4v) is 1.25. The number of amides is 2. The predicted molar refractivity (Wildman–Crippen MR) is 69.6 cm³/mol. The van der Waals surface area contributed by atoms with Gasteiger partial charge in [-0.25, -0.2) is 9.59 Å². The number of carbonyl (C=O) groups excluding carboxylic acids is 1. The molecule has 0 saturated heterocycles. The topological polar surface area (TPSA) is 178 Å². The Hall–Kier alpha value is -2.36. The Balaban J connectivity index is 0. The van der Waals surface area contributed by atoms with Crippen LogP contribution in [0.3, 0.4) is 0 Å². The lowest BCUT2D eigenvalue weighted by atomic mass is 9.96. The molecule has 21 heavy (non-hydrogen) atoms. The summed E-state index contributed by atoms with van der Waals surface area (Å²) in [6, 6.07) is -0.338. The minimum Gasteiger partial charge on any atom is -0.481 e. The summed E-state index contributed by atoms with van der Waals surface area (Å²) in [5, 5.41) is 33.8. The van der Waals surface area contributed by atoms with Crippen LogP contribution in [0.15, 0.2) is 0 Å². The molecule has 0 aliphatic heterocycles. The molecule has 10 nitrogen and oxygen atoms in total. The second kappa shape index (κ2) is 9.53. The first-order valence-electron chi connectivity index (χ1n) is 5.93. The number of aliphatic hydroxyl groups is 1. The van der Waals surface area contributed by atoms with Crippen LogP contribution in [-0.4, -0.2) is 68.0 Å².